The minimum Gasteiger partial charge on any atom is -0.275 e. The number of nitrogens with zero attached hydrogens (tertiary/aromatic N) is 2. The van der Waals surface area contributed by atoms with Crippen molar-refractivity contribution in [2.45, 2.75) is 32.6 Å². The van der Waals surface area contributed by atoms with E-state index < -0.39 is 10.1 Å². The van der Waals surface area contributed by atoms with Gasteiger partial charge in [-0.2, -0.15) is 8.42 Å². The summed E-state index contributed by atoms with van der Waals surface area (Å²) in [5, 5.41) is 2.43. The van der Waals surface area contributed by atoms with Crippen molar-refractivity contribution in [1.82, 2.24) is 4.98 Å². The summed E-state index contributed by atoms with van der Waals surface area (Å²) in [7, 11) is -2.15. The minimum absolute atomic E-state index is 0.102. The molecule has 24 heavy (non-hydrogen) atoms. The number of aromatic nitrogens is 1. The number of hydrogen-bond acceptors (Lipinski definition) is 7. The summed E-state index contributed by atoms with van der Waals surface area (Å²) >= 11 is 1.51. The molecule has 6 nitrogen and oxygen atoms in total. The summed E-state index contributed by atoms with van der Waals surface area (Å²) in [6, 6.07) is 4.95. The number of rotatable bonds is 7. The second kappa shape index (κ2) is 7.60. The molecule has 2 rings (SSSR count). The van der Waals surface area contributed by atoms with Crippen molar-refractivity contribution in [1.29, 1.82) is 0 Å². The van der Waals surface area contributed by atoms with E-state index in [0.29, 0.717) is 6.54 Å². The van der Waals surface area contributed by atoms with Gasteiger partial charge < -0.3 is 0 Å². The molecule has 0 aliphatic carbocycles. The van der Waals surface area contributed by atoms with Crippen molar-refractivity contribution in [3.8, 4) is 11.3 Å². The number of hydroxylamine groups is 1. The Hall–Kier alpha value is -1.48. The Bertz CT molecular complexity index is 811. The molecule has 0 radical (unpaired) electrons. The fourth-order valence-corrected chi connectivity index (χ4v) is 4.23. The highest BCUT2D eigenvalue weighted by molar-refractivity contribution is 7.86. The van der Waals surface area contributed by atoms with Gasteiger partial charge in [0, 0.05) is 17.0 Å². The molecule has 0 spiro atoms. The first-order chi connectivity index (χ1) is 11.3. The lowest BCUT2D eigenvalue weighted by molar-refractivity contribution is 0.170. The summed E-state index contributed by atoms with van der Waals surface area (Å²) in [4.78, 5) is 11.1. The Balaban J connectivity index is 2.53. The Kier molecular flexibility index (Phi) is 5.97. The zero-order valence-electron chi connectivity index (χ0n) is 14.5. The summed E-state index contributed by atoms with van der Waals surface area (Å²) in [5.41, 5.74) is 2.49. The Morgan fingerprint density at radius 3 is 2.54 bits per heavy atom. The predicted octanol–water partition coefficient (Wildman–Crippen LogP) is 3.54. The van der Waals surface area contributed by atoms with E-state index in [2.05, 4.69) is 4.98 Å². The van der Waals surface area contributed by atoms with Crippen LogP contribution in [-0.4, -0.2) is 33.7 Å². The lowest BCUT2D eigenvalue weighted by Gasteiger charge is -2.15. The zero-order chi connectivity index (χ0) is 17.9. The monoisotopic (exact) mass is 370 g/mol. The molecule has 0 atom stereocenters. The molecule has 0 aliphatic rings. The maximum atomic E-state index is 12.1. The van der Waals surface area contributed by atoms with Crippen LogP contribution >= 0.6 is 11.3 Å². The van der Waals surface area contributed by atoms with E-state index in [0.717, 1.165) is 26.8 Å². The quantitative estimate of drug-likeness (QED) is 0.548. The van der Waals surface area contributed by atoms with Crippen molar-refractivity contribution in [2.75, 3.05) is 25.3 Å². The highest BCUT2D eigenvalue weighted by Crippen LogP contribution is 2.35. The molecule has 2 aromatic rings. The molecule has 0 fully saturated rings. The average molecular weight is 370 g/mol. The van der Waals surface area contributed by atoms with E-state index in [9.17, 15) is 8.42 Å². The highest BCUT2D eigenvalue weighted by Gasteiger charge is 2.20. The minimum atomic E-state index is -3.75. The van der Waals surface area contributed by atoms with Gasteiger partial charge in [0.15, 0.2) is 0 Å². The molecule has 8 heteroatoms. The van der Waals surface area contributed by atoms with Crippen LogP contribution in [0.25, 0.3) is 11.3 Å². The van der Waals surface area contributed by atoms with Crippen LogP contribution in [0.3, 0.4) is 0 Å². The third kappa shape index (κ3) is 3.77. The van der Waals surface area contributed by atoms with Crippen LogP contribution in [0.15, 0.2) is 23.1 Å². The fourth-order valence-electron chi connectivity index (χ4n) is 2.32. The first kappa shape index (κ1) is 18.9. The van der Waals surface area contributed by atoms with Crippen molar-refractivity contribution in [3.63, 3.8) is 0 Å². The fraction of sp³-hybridized carbons (Fsp3) is 0.438. The lowest BCUT2D eigenvalue weighted by atomic mass is 10.1. The molecular formula is C16H22N2O4S2. The predicted molar refractivity (Wildman–Crippen MR) is 95.9 cm³/mol. The van der Waals surface area contributed by atoms with Crippen molar-refractivity contribution in [2.24, 2.45) is 0 Å². The number of aryl methyl sites for hydroxylation is 2. The molecule has 0 bridgehead atoms. The van der Waals surface area contributed by atoms with Crippen LogP contribution in [-0.2, 0) is 19.1 Å². The second-order valence-electron chi connectivity index (χ2n) is 5.12. The summed E-state index contributed by atoms with van der Waals surface area (Å²) < 4.78 is 29.2. The van der Waals surface area contributed by atoms with Crippen molar-refractivity contribution >= 4 is 26.6 Å². The van der Waals surface area contributed by atoms with Crippen LogP contribution < -0.4 is 5.06 Å². The number of anilines is 1. The lowest BCUT2D eigenvalue weighted by Crippen LogP contribution is -2.20. The van der Waals surface area contributed by atoms with Gasteiger partial charge in [0.05, 0.1) is 24.3 Å². The summed E-state index contributed by atoms with van der Waals surface area (Å²) in [6.45, 7) is 8.28. The number of benzene rings is 1. The zero-order valence-corrected chi connectivity index (χ0v) is 16.1. The summed E-state index contributed by atoms with van der Waals surface area (Å²) in [6.07, 6.45) is 0. The number of hydrogen-bond donors (Lipinski definition) is 0. The smallest absolute Gasteiger partial charge is 0.275 e. The molecule has 1 aromatic heterocycles. The molecule has 1 heterocycles. The molecule has 0 saturated carbocycles. The maximum Gasteiger partial charge on any atom is 0.296 e. The highest BCUT2D eigenvalue weighted by atomic mass is 32.2. The van der Waals surface area contributed by atoms with Gasteiger partial charge in [-0.25, -0.2) is 10.0 Å². The molecular weight excluding hydrogens is 348 g/mol. The molecule has 0 amide bonds. The van der Waals surface area contributed by atoms with Gasteiger partial charge in [0.25, 0.3) is 10.1 Å². The first-order valence-electron chi connectivity index (χ1n) is 7.63. The van der Waals surface area contributed by atoms with Gasteiger partial charge in [-0.15, -0.1) is 0 Å². The molecule has 132 valence electrons. The molecule has 0 N–H and O–H groups in total. The normalized spacial score (nSPS) is 11.7. The molecule has 1 aromatic carbocycles. The van der Waals surface area contributed by atoms with E-state index in [4.69, 9.17) is 9.02 Å². The molecule has 0 aliphatic heterocycles. The Morgan fingerprint density at radius 1 is 1.25 bits per heavy atom. The van der Waals surface area contributed by atoms with Gasteiger partial charge in [-0.05, 0) is 45.4 Å². The van der Waals surface area contributed by atoms with Gasteiger partial charge in [0.2, 0.25) is 5.13 Å². The van der Waals surface area contributed by atoms with Crippen LogP contribution in [0.1, 0.15) is 24.3 Å². The second-order valence-corrected chi connectivity index (χ2v) is 7.91. The third-order valence-corrected chi connectivity index (χ3v) is 5.89. The van der Waals surface area contributed by atoms with Crippen LogP contribution in [0.5, 0.6) is 0 Å². The largest absolute Gasteiger partial charge is 0.296 e. The van der Waals surface area contributed by atoms with E-state index in [1.165, 1.54) is 11.3 Å². The van der Waals surface area contributed by atoms with E-state index >= 15 is 0 Å². The standard InChI is InChI=1S/C16H22N2O4S2/c1-6-18(21-5)16-17-15(12(4)23-16)14-10-13(9-8-11(14)3)24(19,20)22-7-2/h8-10H,6-7H2,1-5H3. The molecule has 0 saturated heterocycles. The van der Waals surface area contributed by atoms with Gasteiger partial charge in [-0.3, -0.25) is 9.02 Å². The van der Waals surface area contributed by atoms with Gasteiger partial charge >= 0.3 is 0 Å². The first-order valence-corrected chi connectivity index (χ1v) is 9.86. The SMILES string of the molecule is CCOS(=O)(=O)c1ccc(C)c(-c2nc(N(CC)OC)sc2C)c1. The van der Waals surface area contributed by atoms with Gasteiger partial charge in [-0.1, -0.05) is 17.4 Å². The van der Waals surface area contributed by atoms with Crippen LogP contribution in [0.2, 0.25) is 0 Å². The van der Waals surface area contributed by atoms with E-state index in [1.807, 2.05) is 20.8 Å². The van der Waals surface area contributed by atoms with E-state index in [1.54, 1.807) is 37.3 Å². The van der Waals surface area contributed by atoms with Crippen LogP contribution in [0.4, 0.5) is 5.13 Å². The average Bonchev–Trinajstić information content (AvgIpc) is 2.90. The Labute approximate surface area is 147 Å². The summed E-state index contributed by atoms with van der Waals surface area (Å²) in [5.74, 6) is 0. The number of thiazole rings is 1. The Morgan fingerprint density at radius 2 is 1.96 bits per heavy atom. The van der Waals surface area contributed by atoms with Crippen molar-refractivity contribution in [3.05, 3.63) is 28.6 Å². The maximum absolute atomic E-state index is 12.1. The third-order valence-electron chi connectivity index (χ3n) is 3.53. The topological polar surface area (TPSA) is 68.7 Å². The van der Waals surface area contributed by atoms with Gasteiger partial charge in [0.1, 0.15) is 0 Å². The molecule has 0 unspecified atom stereocenters. The van der Waals surface area contributed by atoms with Crippen molar-refractivity contribution < 1.29 is 17.4 Å². The van der Waals surface area contributed by atoms with Crippen LogP contribution in [0, 0.1) is 13.8 Å². The van der Waals surface area contributed by atoms with E-state index in [-0.39, 0.29) is 11.5 Å².